The Bertz CT molecular complexity index is 1550. The molecule has 0 saturated carbocycles. The average molecular weight is 472 g/mol. The van der Waals surface area contributed by atoms with E-state index in [0.717, 1.165) is 61.8 Å². The summed E-state index contributed by atoms with van der Waals surface area (Å²) in [5.74, 6) is 3.31. The Labute approximate surface area is 201 Å². The molecular formula is C26H22ClN5O2. The molecule has 1 N–H and O–H groups in total. The molecule has 0 radical (unpaired) electrons. The normalized spacial score (nSPS) is 13.6. The van der Waals surface area contributed by atoms with Gasteiger partial charge in [-0.15, -0.1) is 0 Å². The Balaban J connectivity index is 1.41. The van der Waals surface area contributed by atoms with E-state index < -0.39 is 0 Å². The van der Waals surface area contributed by atoms with Crippen molar-refractivity contribution in [1.29, 1.82) is 0 Å². The molecule has 5 aromatic rings. The number of aromatic nitrogens is 4. The summed E-state index contributed by atoms with van der Waals surface area (Å²) in [5.41, 5.74) is 6.09. The number of halogens is 1. The Morgan fingerprint density at radius 1 is 0.971 bits per heavy atom. The molecule has 0 amide bonds. The van der Waals surface area contributed by atoms with E-state index in [1.165, 1.54) is 0 Å². The van der Waals surface area contributed by atoms with Gasteiger partial charge in [0, 0.05) is 17.5 Å². The minimum atomic E-state index is 0.218. The summed E-state index contributed by atoms with van der Waals surface area (Å²) in [4.78, 5) is 19.0. The van der Waals surface area contributed by atoms with E-state index in [9.17, 15) is 0 Å². The number of benzene rings is 3. The van der Waals surface area contributed by atoms with Crippen LogP contribution in [-0.4, -0.2) is 40.2 Å². The van der Waals surface area contributed by atoms with Crippen molar-refractivity contribution in [2.45, 2.75) is 13.5 Å². The number of aromatic amines is 1. The molecule has 3 aromatic carbocycles. The highest BCUT2D eigenvalue weighted by Crippen LogP contribution is 2.34. The van der Waals surface area contributed by atoms with Gasteiger partial charge in [-0.2, -0.15) is 4.98 Å². The third-order valence-electron chi connectivity index (χ3n) is 6.13. The molecule has 1 aliphatic heterocycles. The number of imidazole rings is 1. The number of ether oxygens (including phenoxy) is 2. The zero-order chi connectivity index (χ0) is 23.2. The molecule has 0 fully saturated rings. The molecule has 0 unspecified atom stereocenters. The Kier molecular flexibility index (Phi) is 4.99. The molecule has 0 bridgehead atoms. The lowest BCUT2D eigenvalue weighted by atomic mass is 10.0. The molecule has 0 aliphatic carbocycles. The minimum Gasteiger partial charge on any atom is -0.497 e. The highest BCUT2D eigenvalue weighted by atomic mass is 35.5. The fourth-order valence-electron chi connectivity index (χ4n) is 4.50. The second-order valence-corrected chi connectivity index (χ2v) is 8.68. The Morgan fingerprint density at radius 3 is 2.68 bits per heavy atom. The van der Waals surface area contributed by atoms with Crippen LogP contribution in [0.2, 0.25) is 5.28 Å². The number of H-pyrrole nitrogens is 1. The van der Waals surface area contributed by atoms with Crippen molar-refractivity contribution in [2.24, 2.45) is 0 Å². The van der Waals surface area contributed by atoms with Crippen molar-refractivity contribution >= 4 is 39.4 Å². The van der Waals surface area contributed by atoms with Crippen molar-refractivity contribution in [2.75, 3.05) is 25.2 Å². The molecular weight excluding hydrogens is 450 g/mol. The van der Waals surface area contributed by atoms with E-state index in [1.54, 1.807) is 7.11 Å². The lowest BCUT2D eigenvalue weighted by molar-refractivity contribution is 0.331. The molecule has 170 valence electrons. The molecule has 0 saturated heterocycles. The van der Waals surface area contributed by atoms with Crippen LogP contribution in [0.3, 0.4) is 0 Å². The number of methoxy groups -OCH3 is 1. The highest BCUT2D eigenvalue weighted by Gasteiger charge is 2.21. The first-order valence-corrected chi connectivity index (χ1v) is 11.4. The Morgan fingerprint density at radius 2 is 1.79 bits per heavy atom. The van der Waals surface area contributed by atoms with Gasteiger partial charge in [0.2, 0.25) is 5.28 Å². The molecule has 0 spiro atoms. The number of hydrogen-bond donors (Lipinski definition) is 1. The summed E-state index contributed by atoms with van der Waals surface area (Å²) in [5, 5.41) is 1.11. The van der Waals surface area contributed by atoms with Crippen LogP contribution in [0.15, 0.2) is 54.6 Å². The summed E-state index contributed by atoms with van der Waals surface area (Å²) < 4.78 is 11.5. The van der Waals surface area contributed by atoms with E-state index in [1.807, 2.05) is 37.3 Å². The van der Waals surface area contributed by atoms with Gasteiger partial charge in [-0.25, -0.2) is 9.97 Å². The van der Waals surface area contributed by atoms with Crippen LogP contribution in [0, 0.1) is 6.92 Å². The fourth-order valence-corrected chi connectivity index (χ4v) is 4.67. The summed E-state index contributed by atoms with van der Waals surface area (Å²) >= 11 is 6.29. The molecule has 3 heterocycles. The maximum absolute atomic E-state index is 6.29. The van der Waals surface area contributed by atoms with Gasteiger partial charge in [0.1, 0.15) is 29.7 Å². The molecule has 7 nitrogen and oxygen atoms in total. The molecule has 1 aliphatic rings. The quantitative estimate of drug-likeness (QED) is 0.348. The lowest BCUT2D eigenvalue weighted by Gasteiger charge is -2.23. The third-order valence-corrected chi connectivity index (χ3v) is 6.30. The summed E-state index contributed by atoms with van der Waals surface area (Å²) in [6.45, 7) is 3.81. The van der Waals surface area contributed by atoms with Crippen LogP contribution in [0.4, 0.5) is 5.82 Å². The van der Waals surface area contributed by atoms with Gasteiger partial charge in [0.15, 0.2) is 0 Å². The third kappa shape index (κ3) is 3.68. The average Bonchev–Trinajstić information content (AvgIpc) is 3.08. The fraction of sp³-hybridized carbons (Fsp3) is 0.192. The molecule has 8 heteroatoms. The van der Waals surface area contributed by atoms with Crippen molar-refractivity contribution in [1.82, 2.24) is 19.9 Å². The molecule has 6 rings (SSSR count). The van der Waals surface area contributed by atoms with Gasteiger partial charge in [-0.05, 0) is 72.1 Å². The SMILES string of the molecule is COc1ccc2nc(Cl)nc(N3CCOc4ccc(-c5ccc6nc(C)[nH]c6c5)cc4C3)c2c1. The number of nitrogens with one attached hydrogen (secondary N) is 1. The zero-order valence-electron chi connectivity index (χ0n) is 18.8. The first-order valence-electron chi connectivity index (χ1n) is 11.1. The van der Waals surface area contributed by atoms with Gasteiger partial charge in [0.05, 0.1) is 30.2 Å². The zero-order valence-corrected chi connectivity index (χ0v) is 19.6. The van der Waals surface area contributed by atoms with E-state index in [4.69, 9.17) is 21.1 Å². The molecule has 0 atom stereocenters. The van der Waals surface area contributed by atoms with Crippen LogP contribution in [-0.2, 0) is 6.54 Å². The molecule has 34 heavy (non-hydrogen) atoms. The monoisotopic (exact) mass is 471 g/mol. The van der Waals surface area contributed by atoms with Crippen LogP contribution in [0.25, 0.3) is 33.1 Å². The van der Waals surface area contributed by atoms with E-state index in [0.29, 0.717) is 19.7 Å². The van der Waals surface area contributed by atoms with Crippen LogP contribution >= 0.6 is 11.6 Å². The smallest absolute Gasteiger partial charge is 0.224 e. The first-order chi connectivity index (χ1) is 16.6. The van der Waals surface area contributed by atoms with E-state index >= 15 is 0 Å². The second-order valence-electron chi connectivity index (χ2n) is 8.35. The Hall–Kier alpha value is -3.84. The van der Waals surface area contributed by atoms with Gasteiger partial charge in [0.25, 0.3) is 0 Å². The van der Waals surface area contributed by atoms with Crippen molar-refractivity contribution < 1.29 is 9.47 Å². The second kappa shape index (κ2) is 8.18. The van der Waals surface area contributed by atoms with Crippen molar-refractivity contribution in [3.05, 3.63) is 71.3 Å². The van der Waals surface area contributed by atoms with E-state index in [-0.39, 0.29) is 5.28 Å². The standard InChI is InChI=1S/C26H22ClN5O2/c1-15-28-22-6-3-17(12-23(22)29-15)16-4-8-24-18(11-16)14-32(9-10-34-24)25-20-13-19(33-2)5-7-21(20)30-26(27)31-25/h3-8,11-13H,9-10,14H2,1-2H3,(H,28,29). The van der Waals surface area contributed by atoms with Crippen LogP contribution < -0.4 is 14.4 Å². The van der Waals surface area contributed by atoms with Crippen LogP contribution in [0.5, 0.6) is 11.5 Å². The van der Waals surface area contributed by atoms with Gasteiger partial charge < -0.3 is 19.4 Å². The van der Waals surface area contributed by atoms with Crippen LogP contribution in [0.1, 0.15) is 11.4 Å². The van der Waals surface area contributed by atoms with Crippen molar-refractivity contribution in [3.8, 4) is 22.6 Å². The van der Waals surface area contributed by atoms with Gasteiger partial charge in [-0.3, -0.25) is 0 Å². The lowest BCUT2D eigenvalue weighted by Crippen LogP contribution is -2.26. The van der Waals surface area contributed by atoms with E-state index in [2.05, 4.69) is 49.1 Å². The number of fused-ring (bicyclic) bond motifs is 3. The number of hydrogen-bond acceptors (Lipinski definition) is 6. The summed E-state index contributed by atoms with van der Waals surface area (Å²) in [7, 11) is 1.65. The maximum Gasteiger partial charge on any atom is 0.224 e. The number of nitrogens with zero attached hydrogens (tertiary/aromatic N) is 4. The van der Waals surface area contributed by atoms with Gasteiger partial charge >= 0.3 is 0 Å². The first kappa shape index (κ1) is 20.7. The van der Waals surface area contributed by atoms with Crippen molar-refractivity contribution in [3.63, 3.8) is 0 Å². The predicted molar refractivity (Wildman–Crippen MR) is 134 cm³/mol. The number of rotatable bonds is 3. The minimum absolute atomic E-state index is 0.218. The maximum atomic E-state index is 6.29. The number of aryl methyl sites for hydroxylation is 1. The topological polar surface area (TPSA) is 76.2 Å². The predicted octanol–water partition coefficient (Wildman–Crippen LogP) is 5.54. The number of anilines is 1. The summed E-state index contributed by atoms with van der Waals surface area (Å²) in [6.07, 6.45) is 0. The van der Waals surface area contributed by atoms with Gasteiger partial charge in [-0.1, -0.05) is 12.1 Å². The summed E-state index contributed by atoms with van der Waals surface area (Å²) in [6, 6.07) is 18.3. The largest absolute Gasteiger partial charge is 0.497 e. The molecule has 2 aromatic heterocycles. The highest BCUT2D eigenvalue weighted by molar-refractivity contribution is 6.28.